The second-order valence-corrected chi connectivity index (χ2v) is 5.91. The van der Waals surface area contributed by atoms with Crippen LogP contribution in [0.3, 0.4) is 0 Å². The van der Waals surface area contributed by atoms with Crippen LogP contribution in [-0.2, 0) is 4.79 Å². The molecule has 1 aromatic carbocycles. The Hall–Kier alpha value is -1.05. The number of likely N-dealkylation sites (tertiary alicyclic amines) is 1. The minimum Gasteiger partial charge on any atom is -0.397 e. The van der Waals surface area contributed by atoms with Gasteiger partial charge in [0.1, 0.15) is 11.9 Å². The number of rotatable bonds is 3. The van der Waals surface area contributed by atoms with Gasteiger partial charge in [-0.3, -0.25) is 4.79 Å². The second-order valence-electron chi connectivity index (χ2n) is 4.75. The van der Waals surface area contributed by atoms with E-state index in [4.69, 9.17) is 5.73 Å². The fraction of sp³-hybridized carbons (Fsp3) is 0.462. The highest BCUT2D eigenvalue weighted by molar-refractivity contribution is 14.1. The molecule has 0 aromatic heterocycles. The highest BCUT2D eigenvalue weighted by atomic mass is 127. The van der Waals surface area contributed by atoms with Crippen molar-refractivity contribution in [1.82, 2.24) is 4.90 Å². The lowest BCUT2D eigenvalue weighted by Crippen LogP contribution is -2.39. The first-order valence-corrected chi connectivity index (χ1v) is 7.36. The average Bonchev–Trinajstić information content (AvgIpc) is 2.88. The van der Waals surface area contributed by atoms with Crippen molar-refractivity contribution >= 4 is 39.9 Å². The van der Waals surface area contributed by atoms with Crippen LogP contribution in [0.2, 0.25) is 0 Å². The molecule has 1 heterocycles. The van der Waals surface area contributed by atoms with Crippen LogP contribution in [0.15, 0.2) is 12.1 Å². The predicted molar refractivity (Wildman–Crippen MR) is 82.4 cm³/mol. The van der Waals surface area contributed by atoms with Gasteiger partial charge in [-0.25, -0.2) is 4.39 Å². The first kappa shape index (κ1) is 14.4. The summed E-state index contributed by atoms with van der Waals surface area (Å²) in [6.45, 7) is 3.39. The van der Waals surface area contributed by atoms with Gasteiger partial charge in [0.15, 0.2) is 0 Å². The summed E-state index contributed by atoms with van der Waals surface area (Å²) >= 11 is 1.89. The standard InChI is InChI=1S/C13H17FIN3O/c1-8(13(19)18-4-2-3-5-18)17-12-6-9(14)10(15)7-11(12)16/h6-8,17H,2-5,16H2,1H3. The molecule has 1 aromatic rings. The number of halogens is 2. The van der Waals surface area contributed by atoms with Crippen LogP contribution in [-0.4, -0.2) is 29.9 Å². The number of amides is 1. The Balaban J connectivity index is 2.08. The van der Waals surface area contributed by atoms with Gasteiger partial charge in [-0.2, -0.15) is 0 Å². The lowest BCUT2D eigenvalue weighted by Gasteiger charge is -2.22. The number of hydrogen-bond donors (Lipinski definition) is 2. The number of nitrogen functional groups attached to an aromatic ring is 1. The molecular formula is C13H17FIN3O. The summed E-state index contributed by atoms with van der Waals surface area (Å²) in [5.41, 5.74) is 6.75. The van der Waals surface area contributed by atoms with E-state index in [1.165, 1.54) is 6.07 Å². The fourth-order valence-corrected chi connectivity index (χ4v) is 2.68. The average molecular weight is 377 g/mol. The Labute approximate surface area is 125 Å². The molecule has 1 fully saturated rings. The quantitative estimate of drug-likeness (QED) is 0.629. The van der Waals surface area contributed by atoms with E-state index in [1.54, 1.807) is 13.0 Å². The summed E-state index contributed by atoms with van der Waals surface area (Å²) < 4.78 is 14.0. The number of carbonyl (C=O) groups excluding carboxylic acids is 1. The highest BCUT2D eigenvalue weighted by Crippen LogP contribution is 2.25. The van der Waals surface area contributed by atoms with E-state index in [-0.39, 0.29) is 11.7 Å². The van der Waals surface area contributed by atoms with Crippen LogP contribution in [0.1, 0.15) is 19.8 Å². The van der Waals surface area contributed by atoms with E-state index >= 15 is 0 Å². The van der Waals surface area contributed by atoms with E-state index in [2.05, 4.69) is 5.32 Å². The monoisotopic (exact) mass is 377 g/mol. The molecule has 6 heteroatoms. The molecule has 1 aliphatic heterocycles. The smallest absolute Gasteiger partial charge is 0.244 e. The van der Waals surface area contributed by atoms with Crippen LogP contribution in [0.4, 0.5) is 15.8 Å². The number of hydrogen-bond acceptors (Lipinski definition) is 3. The van der Waals surface area contributed by atoms with Gasteiger partial charge in [0.05, 0.1) is 14.9 Å². The third-order valence-electron chi connectivity index (χ3n) is 3.25. The van der Waals surface area contributed by atoms with Crippen LogP contribution in [0, 0.1) is 9.39 Å². The Morgan fingerprint density at radius 2 is 2.11 bits per heavy atom. The van der Waals surface area contributed by atoms with E-state index in [0.29, 0.717) is 14.9 Å². The topological polar surface area (TPSA) is 58.4 Å². The third-order valence-corrected chi connectivity index (χ3v) is 4.08. The van der Waals surface area contributed by atoms with Crippen molar-refractivity contribution in [3.63, 3.8) is 0 Å². The molecule has 1 unspecified atom stereocenters. The van der Waals surface area contributed by atoms with Gasteiger partial charge in [-0.05, 0) is 48.4 Å². The molecule has 1 amide bonds. The molecule has 1 aliphatic rings. The zero-order valence-corrected chi connectivity index (χ0v) is 12.9. The Morgan fingerprint density at radius 3 is 2.74 bits per heavy atom. The van der Waals surface area contributed by atoms with Gasteiger partial charge in [-0.15, -0.1) is 0 Å². The van der Waals surface area contributed by atoms with E-state index in [9.17, 15) is 9.18 Å². The normalized spacial score (nSPS) is 16.5. The molecule has 1 atom stereocenters. The summed E-state index contributed by atoms with van der Waals surface area (Å²) in [6, 6.07) is 2.50. The lowest BCUT2D eigenvalue weighted by atomic mass is 10.2. The summed E-state index contributed by atoms with van der Waals surface area (Å²) in [5, 5.41) is 3.00. The lowest BCUT2D eigenvalue weighted by molar-refractivity contribution is -0.130. The van der Waals surface area contributed by atoms with E-state index in [1.807, 2.05) is 27.5 Å². The Bertz CT molecular complexity index is 489. The molecule has 1 saturated heterocycles. The number of benzene rings is 1. The summed E-state index contributed by atoms with van der Waals surface area (Å²) in [6.07, 6.45) is 2.11. The van der Waals surface area contributed by atoms with Gasteiger partial charge in [0.25, 0.3) is 0 Å². The van der Waals surface area contributed by atoms with E-state index in [0.717, 1.165) is 25.9 Å². The van der Waals surface area contributed by atoms with Crippen molar-refractivity contribution in [3.8, 4) is 0 Å². The van der Waals surface area contributed by atoms with Gasteiger partial charge >= 0.3 is 0 Å². The zero-order chi connectivity index (χ0) is 14.0. The van der Waals surface area contributed by atoms with E-state index < -0.39 is 6.04 Å². The van der Waals surface area contributed by atoms with Crippen molar-refractivity contribution in [2.24, 2.45) is 0 Å². The van der Waals surface area contributed by atoms with Crippen molar-refractivity contribution in [2.45, 2.75) is 25.8 Å². The molecule has 104 valence electrons. The number of carbonyl (C=O) groups is 1. The minimum atomic E-state index is -0.403. The van der Waals surface area contributed by atoms with Crippen LogP contribution in [0.25, 0.3) is 0 Å². The van der Waals surface area contributed by atoms with Crippen molar-refractivity contribution in [2.75, 3.05) is 24.1 Å². The van der Waals surface area contributed by atoms with Crippen molar-refractivity contribution in [1.29, 1.82) is 0 Å². The van der Waals surface area contributed by atoms with Gasteiger partial charge in [-0.1, -0.05) is 0 Å². The van der Waals surface area contributed by atoms with Gasteiger partial charge in [0.2, 0.25) is 5.91 Å². The molecule has 0 radical (unpaired) electrons. The van der Waals surface area contributed by atoms with Crippen molar-refractivity contribution < 1.29 is 9.18 Å². The molecule has 0 bridgehead atoms. The molecule has 3 N–H and O–H groups in total. The van der Waals surface area contributed by atoms with Gasteiger partial charge < -0.3 is 16.0 Å². The molecule has 19 heavy (non-hydrogen) atoms. The molecule has 2 rings (SSSR count). The number of nitrogens with one attached hydrogen (secondary N) is 1. The van der Waals surface area contributed by atoms with Crippen molar-refractivity contribution in [3.05, 3.63) is 21.5 Å². The molecular weight excluding hydrogens is 360 g/mol. The zero-order valence-electron chi connectivity index (χ0n) is 10.7. The molecule has 0 aliphatic carbocycles. The Kier molecular flexibility index (Phi) is 4.49. The fourth-order valence-electron chi connectivity index (χ4n) is 2.19. The summed E-state index contributed by atoms with van der Waals surface area (Å²) in [5.74, 6) is -0.297. The first-order valence-electron chi connectivity index (χ1n) is 6.29. The number of anilines is 2. The SMILES string of the molecule is CC(Nc1cc(F)c(I)cc1N)C(=O)N1CCCC1. The van der Waals surface area contributed by atoms with Crippen LogP contribution >= 0.6 is 22.6 Å². The molecule has 0 saturated carbocycles. The molecule has 4 nitrogen and oxygen atoms in total. The second kappa shape index (κ2) is 5.94. The maximum absolute atomic E-state index is 13.5. The predicted octanol–water partition coefficient (Wildman–Crippen LogP) is 2.44. The first-order chi connectivity index (χ1) is 8.99. The van der Waals surface area contributed by atoms with Crippen LogP contribution in [0.5, 0.6) is 0 Å². The largest absolute Gasteiger partial charge is 0.397 e. The minimum absolute atomic E-state index is 0.0378. The highest BCUT2D eigenvalue weighted by Gasteiger charge is 2.23. The number of nitrogens with two attached hydrogens (primary N) is 1. The third kappa shape index (κ3) is 3.29. The Morgan fingerprint density at radius 1 is 1.47 bits per heavy atom. The van der Waals surface area contributed by atoms with Crippen LogP contribution < -0.4 is 11.1 Å². The van der Waals surface area contributed by atoms with Gasteiger partial charge in [0, 0.05) is 19.2 Å². The molecule has 0 spiro atoms. The summed E-state index contributed by atoms with van der Waals surface area (Å²) in [7, 11) is 0. The number of nitrogens with zero attached hydrogens (tertiary/aromatic N) is 1. The maximum Gasteiger partial charge on any atom is 0.244 e. The summed E-state index contributed by atoms with van der Waals surface area (Å²) in [4.78, 5) is 14.0. The maximum atomic E-state index is 13.5.